The van der Waals surface area contributed by atoms with Gasteiger partial charge in [-0.15, -0.1) is 0 Å². The van der Waals surface area contributed by atoms with Crippen LogP contribution in [0.3, 0.4) is 0 Å². The van der Waals surface area contributed by atoms with E-state index in [2.05, 4.69) is 17.0 Å². The van der Waals surface area contributed by atoms with Crippen molar-refractivity contribution in [3.8, 4) is 0 Å². The summed E-state index contributed by atoms with van der Waals surface area (Å²) in [4.78, 5) is 22.4. The molecule has 0 aliphatic carbocycles. The maximum absolute atomic E-state index is 10.2. The van der Waals surface area contributed by atoms with E-state index in [1.807, 2.05) is 32.3 Å². The Balaban J connectivity index is 0.000000342. The third-order valence-corrected chi connectivity index (χ3v) is 2.37. The highest BCUT2D eigenvalue weighted by Crippen LogP contribution is 2.07. The van der Waals surface area contributed by atoms with Gasteiger partial charge in [0.05, 0.1) is 0 Å². The van der Waals surface area contributed by atoms with E-state index in [-0.39, 0.29) is 11.8 Å². The monoisotopic (exact) mass is 265 g/mol. The molecule has 0 aliphatic heterocycles. The fourth-order valence-corrected chi connectivity index (χ4v) is 1.32. The third-order valence-electron chi connectivity index (χ3n) is 2.37. The summed E-state index contributed by atoms with van der Waals surface area (Å²) >= 11 is 0. The van der Waals surface area contributed by atoms with Gasteiger partial charge in [0.2, 0.25) is 11.8 Å². The lowest BCUT2D eigenvalue weighted by Crippen LogP contribution is -2.12. The number of carbonyl (C=O) groups excluding carboxylic acids is 2. The fourth-order valence-electron chi connectivity index (χ4n) is 1.32. The molecule has 0 bridgehead atoms. The Bertz CT molecular complexity index is 362. The first-order valence-corrected chi connectivity index (χ1v) is 6.22. The van der Waals surface area contributed by atoms with E-state index in [1.165, 1.54) is 5.69 Å². The van der Waals surface area contributed by atoms with Gasteiger partial charge in [-0.1, -0.05) is 18.2 Å². The van der Waals surface area contributed by atoms with E-state index in [9.17, 15) is 9.59 Å². The van der Waals surface area contributed by atoms with Gasteiger partial charge in [0.25, 0.3) is 0 Å². The van der Waals surface area contributed by atoms with Gasteiger partial charge in [-0.05, 0) is 25.0 Å². The minimum absolute atomic E-state index is 0.329. The Morgan fingerprint density at radius 2 is 1.37 bits per heavy atom. The lowest BCUT2D eigenvalue weighted by atomic mass is 10.2. The van der Waals surface area contributed by atoms with Crippen molar-refractivity contribution in [2.24, 2.45) is 11.5 Å². The highest BCUT2D eigenvalue weighted by Gasteiger charge is 1.96. The van der Waals surface area contributed by atoms with E-state index in [1.54, 1.807) is 0 Å². The second-order valence-electron chi connectivity index (χ2n) is 4.37. The van der Waals surface area contributed by atoms with Crippen LogP contribution in [0.2, 0.25) is 0 Å². The number of rotatable bonds is 6. The summed E-state index contributed by atoms with van der Waals surface area (Å²) in [6, 6.07) is 10.3. The van der Waals surface area contributed by atoms with Crippen LogP contribution >= 0.6 is 0 Å². The molecule has 5 heteroatoms. The van der Waals surface area contributed by atoms with Crippen LogP contribution in [0.4, 0.5) is 5.69 Å². The molecular formula is C14H23N3O2. The summed E-state index contributed by atoms with van der Waals surface area (Å²) in [7, 11) is 4.07. The van der Waals surface area contributed by atoms with Gasteiger partial charge >= 0.3 is 0 Å². The highest BCUT2D eigenvalue weighted by atomic mass is 16.1. The van der Waals surface area contributed by atoms with Crippen molar-refractivity contribution in [2.45, 2.75) is 25.7 Å². The first-order valence-electron chi connectivity index (χ1n) is 6.22. The fraction of sp³-hybridized carbons (Fsp3) is 0.429. The molecule has 0 heterocycles. The van der Waals surface area contributed by atoms with Crippen LogP contribution in [0.1, 0.15) is 25.7 Å². The van der Waals surface area contributed by atoms with Crippen molar-refractivity contribution in [2.75, 3.05) is 19.0 Å². The molecule has 2 amide bonds. The number of benzene rings is 1. The molecule has 0 atom stereocenters. The number of para-hydroxylation sites is 1. The molecule has 4 N–H and O–H groups in total. The van der Waals surface area contributed by atoms with Crippen LogP contribution in [0.15, 0.2) is 30.3 Å². The molecule has 106 valence electrons. The number of carbonyl (C=O) groups is 2. The van der Waals surface area contributed by atoms with Gasteiger partial charge in [-0.2, -0.15) is 0 Å². The number of amides is 2. The van der Waals surface area contributed by atoms with Crippen LogP contribution in [0, 0.1) is 0 Å². The van der Waals surface area contributed by atoms with Crippen molar-refractivity contribution in [3.63, 3.8) is 0 Å². The van der Waals surface area contributed by atoms with Crippen molar-refractivity contribution >= 4 is 17.5 Å². The molecule has 0 fully saturated rings. The van der Waals surface area contributed by atoms with Gasteiger partial charge in [-0.25, -0.2) is 0 Å². The summed E-state index contributed by atoms with van der Waals surface area (Å²) in [5.74, 6) is -0.658. The number of anilines is 1. The summed E-state index contributed by atoms with van der Waals surface area (Å²) in [6.45, 7) is 0. The first-order chi connectivity index (χ1) is 8.93. The minimum Gasteiger partial charge on any atom is -0.378 e. The molecule has 0 aliphatic rings. The van der Waals surface area contributed by atoms with Crippen molar-refractivity contribution in [1.29, 1.82) is 0 Å². The normalized spacial score (nSPS) is 9.16. The zero-order valence-corrected chi connectivity index (χ0v) is 11.6. The Labute approximate surface area is 114 Å². The van der Waals surface area contributed by atoms with E-state index in [0.29, 0.717) is 25.7 Å². The number of nitrogens with two attached hydrogens (primary N) is 2. The molecule has 0 saturated heterocycles. The average Bonchev–Trinajstić information content (AvgIpc) is 2.36. The summed E-state index contributed by atoms with van der Waals surface area (Å²) in [5, 5.41) is 0. The number of nitrogens with zero attached hydrogens (tertiary/aromatic N) is 1. The molecule has 19 heavy (non-hydrogen) atoms. The second kappa shape index (κ2) is 9.94. The smallest absolute Gasteiger partial charge is 0.217 e. The molecule has 1 rings (SSSR count). The average molecular weight is 265 g/mol. The zero-order chi connectivity index (χ0) is 14.7. The second-order valence-corrected chi connectivity index (χ2v) is 4.37. The molecule has 0 aromatic heterocycles. The number of hydrogen-bond donors (Lipinski definition) is 2. The van der Waals surface area contributed by atoms with Gasteiger partial charge < -0.3 is 16.4 Å². The van der Waals surface area contributed by atoms with Crippen LogP contribution in [0.5, 0.6) is 0 Å². The predicted octanol–water partition coefficient (Wildman–Crippen LogP) is 1.27. The quantitative estimate of drug-likeness (QED) is 0.759. The third kappa shape index (κ3) is 10.8. The number of primary amides is 2. The lowest BCUT2D eigenvalue weighted by molar-refractivity contribution is -0.119. The van der Waals surface area contributed by atoms with Crippen LogP contribution in [-0.2, 0) is 9.59 Å². The van der Waals surface area contributed by atoms with Crippen LogP contribution < -0.4 is 16.4 Å². The number of hydrogen-bond acceptors (Lipinski definition) is 3. The van der Waals surface area contributed by atoms with E-state index in [4.69, 9.17) is 11.5 Å². The first kappa shape index (κ1) is 17.0. The summed E-state index contributed by atoms with van der Waals surface area (Å²) in [5.41, 5.74) is 11.0. The minimum atomic E-state index is -0.329. The van der Waals surface area contributed by atoms with E-state index < -0.39 is 0 Å². The Morgan fingerprint density at radius 1 is 0.947 bits per heavy atom. The Morgan fingerprint density at radius 3 is 1.63 bits per heavy atom. The zero-order valence-electron chi connectivity index (χ0n) is 11.6. The van der Waals surface area contributed by atoms with Crippen molar-refractivity contribution in [3.05, 3.63) is 30.3 Å². The Kier molecular flexibility index (Phi) is 8.87. The molecule has 0 unspecified atom stereocenters. The maximum Gasteiger partial charge on any atom is 0.217 e. The topological polar surface area (TPSA) is 89.4 Å². The Hall–Kier alpha value is -2.04. The maximum atomic E-state index is 10.2. The molecule has 0 radical (unpaired) electrons. The number of unbranched alkanes of at least 4 members (excludes halogenated alkanes) is 1. The molecule has 1 aromatic rings. The van der Waals surface area contributed by atoms with Crippen LogP contribution in [0.25, 0.3) is 0 Å². The van der Waals surface area contributed by atoms with Gasteiger partial charge in [0.15, 0.2) is 0 Å². The standard InChI is InChI=1S/C8H11N.C6H12N2O2/c1-9(2)8-6-4-3-5-7-8;7-5(9)3-1-2-4-6(8)10/h3-7H,1-2H3;1-4H2,(H2,7,9)(H2,8,10). The van der Waals surface area contributed by atoms with Crippen LogP contribution in [-0.4, -0.2) is 25.9 Å². The SMILES string of the molecule is CN(C)c1ccccc1.NC(=O)CCCCC(N)=O. The van der Waals surface area contributed by atoms with E-state index >= 15 is 0 Å². The lowest BCUT2D eigenvalue weighted by Gasteiger charge is -2.10. The van der Waals surface area contributed by atoms with Gasteiger partial charge in [0, 0.05) is 32.6 Å². The molecular weight excluding hydrogens is 242 g/mol. The molecule has 5 nitrogen and oxygen atoms in total. The van der Waals surface area contributed by atoms with E-state index in [0.717, 1.165) is 0 Å². The molecule has 0 spiro atoms. The van der Waals surface area contributed by atoms with Gasteiger partial charge in [0.1, 0.15) is 0 Å². The highest BCUT2D eigenvalue weighted by molar-refractivity contribution is 5.74. The largest absolute Gasteiger partial charge is 0.378 e. The van der Waals surface area contributed by atoms with Crippen molar-refractivity contribution in [1.82, 2.24) is 0 Å². The summed E-state index contributed by atoms with van der Waals surface area (Å²) in [6.07, 6.45) is 1.98. The molecule has 1 aromatic carbocycles. The molecule has 0 saturated carbocycles. The summed E-state index contributed by atoms with van der Waals surface area (Å²) < 4.78 is 0. The van der Waals surface area contributed by atoms with Crippen molar-refractivity contribution < 1.29 is 9.59 Å². The van der Waals surface area contributed by atoms with Gasteiger partial charge in [-0.3, -0.25) is 9.59 Å². The predicted molar refractivity (Wildman–Crippen MR) is 77.6 cm³/mol.